The third-order valence-electron chi connectivity index (χ3n) is 7.67. The first-order valence-electron chi connectivity index (χ1n) is 14.3. The minimum Gasteiger partial charge on any atom is -0.352 e. The summed E-state index contributed by atoms with van der Waals surface area (Å²) in [5, 5.41) is 2.79. The summed E-state index contributed by atoms with van der Waals surface area (Å²) in [7, 11) is -4.30. The summed E-state index contributed by atoms with van der Waals surface area (Å²) in [5.41, 5.74) is 0.851. The van der Waals surface area contributed by atoms with E-state index < -0.39 is 45.9 Å². The molecule has 4 rings (SSSR count). The van der Waals surface area contributed by atoms with Crippen molar-refractivity contribution in [1.82, 2.24) is 10.2 Å². The number of carbonyl (C=O) groups excluding carboxylic acids is 2. The Morgan fingerprint density at radius 2 is 1.61 bits per heavy atom. The third-order valence-corrected chi connectivity index (χ3v) is 9.11. The van der Waals surface area contributed by atoms with Crippen molar-refractivity contribution in [2.75, 3.05) is 17.1 Å². The fourth-order valence-corrected chi connectivity index (χ4v) is 6.41. The van der Waals surface area contributed by atoms with Crippen LogP contribution >= 0.6 is 11.6 Å². The minimum atomic E-state index is -4.77. The molecule has 0 heterocycles. The van der Waals surface area contributed by atoms with Gasteiger partial charge in [-0.15, -0.1) is 0 Å². The number of aryl methyl sites for hydroxylation is 1. The van der Waals surface area contributed by atoms with Gasteiger partial charge in [-0.2, -0.15) is 13.2 Å². The van der Waals surface area contributed by atoms with Crippen LogP contribution < -0.4 is 9.62 Å². The van der Waals surface area contributed by atoms with Gasteiger partial charge in [0.15, 0.2) is 0 Å². The molecule has 0 aromatic heterocycles. The number of benzene rings is 3. The van der Waals surface area contributed by atoms with Gasteiger partial charge in [-0.05, 0) is 49.1 Å². The summed E-state index contributed by atoms with van der Waals surface area (Å²) in [6.07, 6.45) is -0.279. The van der Waals surface area contributed by atoms with Crippen LogP contribution in [-0.4, -0.2) is 50.0 Å². The summed E-state index contributed by atoms with van der Waals surface area (Å²) >= 11 is 6.21. The molecule has 7 nitrogen and oxygen atoms in total. The van der Waals surface area contributed by atoms with Gasteiger partial charge in [-0.3, -0.25) is 13.9 Å². The van der Waals surface area contributed by atoms with Crippen molar-refractivity contribution in [2.24, 2.45) is 0 Å². The number of halogens is 4. The predicted molar refractivity (Wildman–Crippen MR) is 165 cm³/mol. The van der Waals surface area contributed by atoms with Gasteiger partial charge in [0.25, 0.3) is 0 Å². The van der Waals surface area contributed by atoms with Gasteiger partial charge < -0.3 is 10.2 Å². The molecule has 1 atom stereocenters. The first kappa shape index (κ1) is 33.3. The molecule has 0 spiro atoms. The van der Waals surface area contributed by atoms with E-state index in [1.165, 1.54) is 4.90 Å². The standard InChI is InChI=1S/C32H35ClF3N3O4S/c1-22-12-14-24(15-13-22)20-38(29(18-23-8-4-3-5-9-23)31(41)37-26-10-6-7-11-26)30(40)21-39(44(2,42)43)28-19-25(32(34,35)36)16-17-27(28)33/h3-5,8-9,12-17,19,26,29H,6-7,10-11,18,20-21H2,1-2H3,(H,37,41)/t29-/m1/s1. The Bertz CT molecular complexity index is 1560. The Balaban J connectivity index is 1.76. The van der Waals surface area contributed by atoms with Gasteiger partial charge in [-0.25, -0.2) is 8.42 Å². The maximum Gasteiger partial charge on any atom is 0.416 e. The molecule has 0 bridgehead atoms. The average molecular weight is 650 g/mol. The number of amides is 2. The van der Waals surface area contributed by atoms with Gasteiger partial charge in [-0.1, -0.05) is 84.6 Å². The van der Waals surface area contributed by atoms with Gasteiger partial charge in [0.2, 0.25) is 21.8 Å². The number of hydrogen-bond acceptors (Lipinski definition) is 4. The van der Waals surface area contributed by atoms with Gasteiger partial charge in [0.05, 0.1) is 22.5 Å². The van der Waals surface area contributed by atoms with Gasteiger partial charge >= 0.3 is 6.18 Å². The molecule has 3 aromatic rings. The number of anilines is 1. The zero-order valence-corrected chi connectivity index (χ0v) is 26.1. The Labute approximate surface area is 261 Å². The molecular weight excluding hydrogens is 615 g/mol. The number of nitrogens with zero attached hydrogens (tertiary/aromatic N) is 2. The highest BCUT2D eigenvalue weighted by Crippen LogP contribution is 2.36. The lowest BCUT2D eigenvalue weighted by molar-refractivity contribution is -0.140. The Kier molecular flexibility index (Phi) is 10.6. The lowest BCUT2D eigenvalue weighted by atomic mass is 10.0. The molecule has 1 fully saturated rings. The topological polar surface area (TPSA) is 86.8 Å². The van der Waals surface area contributed by atoms with Crippen LogP contribution in [0.5, 0.6) is 0 Å². The molecule has 3 aromatic carbocycles. The highest BCUT2D eigenvalue weighted by molar-refractivity contribution is 7.92. The normalized spacial score (nSPS) is 14.7. The highest BCUT2D eigenvalue weighted by Gasteiger charge is 2.36. The molecule has 1 aliphatic carbocycles. The first-order chi connectivity index (χ1) is 20.7. The van der Waals surface area contributed by atoms with Crippen molar-refractivity contribution in [3.05, 3.63) is 100 Å². The number of carbonyl (C=O) groups is 2. The van der Waals surface area contributed by atoms with Crippen LogP contribution in [0.15, 0.2) is 72.8 Å². The molecule has 1 N–H and O–H groups in total. The second-order valence-electron chi connectivity index (χ2n) is 11.1. The highest BCUT2D eigenvalue weighted by atomic mass is 35.5. The quantitative estimate of drug-likeness (QED) is 0.271. The van der Waals surface area contributed by atoms with E-state index in [4.69, 9.17) is 11.6 Å². The smallest absolute Gasteiger partial charge is 0.352 e. The predicted octanol–water partition coefficient (Wildman–Crippen LogP) is 6.13. The summed E-state index contributed by atoms with van der Waals surface area (Å²) < 4.78 is 67.2. The van der Waals surface area contributed by atoms with Crippen LogP contribution in [0.4, 0.5) is 18.9 Å². The van der Waals surface area contributed by atoms with E-state index in [0.29, 0.717) is 15.9 Å². The van der Waals surface area contributed by atoms with Crippen LogP contribution in [0.3, 0.4) is 0 Å². The van der Waals surface area contributed by atoms with Crippen molar-refractivity contribution in [2.45, 2.75) is 63.8 Å². The summed E-state index contributed by atoms with van der Waals surface area (Å²) in [5.74, 6) is -1.16. The van der Waals surface area contributed by atoms with Crippen molar-refractivity contribution < 1.29 is 31.2 Å². The van der Waals surface area contributed by atoms with E-state index in [0.717, 1.165) is 55.2 Å². The maximum absolute atomic E-state index is 14.2. The van der Waals surface area contributed by atoms with Crippen molar-refractivity contribution in [1.29, 1.82) is 0 Å². The Morgan fingerprint density at radius 1 is 0.977 bits per heavy atom. The fourth-order valence-electron chi connectivity index (χ4n) is 5.29. The van der Waals surface area contributed by atoms with Crippen molar-refractivity contribution in [3.8, 4) is 0 Å². The monoisotopic (exact) mass is 649 g/mol. The van der Waals surface area contributed by atoms with E-state index in [1.807, 2.05) is 61.5 Å². The van der Waals surface area contributed by atoms with E-state index in [-0.39, 0.29) is 29.9 Å². The SMILES string of the molecule is Cc1ccc(CN(C(=O)CN(c2cc(C(F)(F)F)ccc2Cl)S(C)(=O)=O)[C@H](Cc2ccccc2)C(=O)NC2CCCC2)cc1. The maximum atomic E-state index is 14.2. The van der Waals surface area contributed by atoms with E-state index in [2.05, 4.69) is 5.32 Å². The zero-order valence-electron chi connectivity index (χ0n) is 24.5. The zero-order chi connectivity index (χ0) is 32.1. The summed E-state index contributed by atoms with van der Waals surface area (Å²) in [6.45, 7) is 0.999. The Morgan fingerprint density at radius 3 is 2.20 bits per heavy atom. The molecule has 0 unspecified atom stereocenters. The molecular formula is C32H35ClF3N3O4S. The van der Waals surface area contributed by atoms with Crippen LogP contribution in [0.2, 0.25) is 5.02 Å². The molecule has 1 aliphatic rings. The molecule has 236 valence electrons. The molecule has 0 aliphatic heterocycles. The van der Waals surface area contributed by atoms with Crippen molar-refractivity contribution >= 4 is 39.1 Å². The molecule has 44 heavy (non-hydrogen) atoms. The largest absolute Gasteiger partial charge is 0.416 e. The van der Waals surface area contributed by atoms with Crippen LogP contribution in [0, 0.1) is 6.92 Å². The molecule has 12 heteroatoms. The summed E-state index contributed by atoms with van der Waals surface area (Å²) in [4.78, 5) is 29.4. The van der Waals surface area contributed by atoms with Crippen LogP contribution in [0.1, 0.15) is 47.9 Å². The number of hydrogen-bond donors (Lipinski definition) is 1. The first-order valence-corrected chi connectivity index (χ1v) is 16.5. The van der Waals surface area contributed by atoms with Crippen LogP contribution in [0.25, 0.3) is 0 Å². The van der Waals surface area contributed by atoms with Crippen molar-refractivity contribution in [3.63, 3.8) is 0 Å². The molecule has 0 saturated heterocycles. The molecule has 0 radical (unpaired) electrons. The second kappa shape index (κ2) is 14.0. The lowest BCUT2D eigenvalue weighted by Gasteiger charge is -2.34. The van der Waals surface area contributed by atoms with E-state index in [9.17, 15) is 31.2 Å². The van der Waals surface area contributed by atoms with Crippen LogP contribution in [-0.2, 0) is 38.8 Å². The van der Waals surface area contributed by atoms with Gasteiger partial charge in [0, 0.05) is 19.0 Å². The number of rotatable bonds is 11. The lowest BCUT2D eigenvalue weighted by Crippen LogP contribution is -2.54. The number of nitrogens with one attached hydrogen (secondary N) is 1. The summed E-state index contributed by atoms with van der Waals surface area (Å²) in [6, 6.07) is 17.6. The Hall–Kier alpha value is -3.57. The number of sulfonamides is 1. The molecule has 2 amide bonds. The number of alkyl halides is 3. The average Bonchev–Trinajstić information content (AvgIpc) is 3.47. The minimum absolute atomic E-state index is 0.0391. The third kappa shape index (κ3) is 8.75. The molecule has 1 saturated carbocycles. The van der Waals surface area contributed by atoms with E-state index in [1.54, 1.807) is 0 Å². The fraction of sp³-hybridized carbons (Fsp3) is 0.375. The second-order valence-corrected chi connectivity index (χ2v) is 13.5. The van der Waals surface area contributed by atoms with E-state index >= 15 is 0 Å². The van der Waals surface area contributed by atoms with Gasteiger partial charge in [0.1, 0.15) is 12.6 Å².